The van der Waals surface area contributed by atoms with Crippen molar-refractivity contribution in [3.63, 3.8) is 0 Å². The summed E-state index contributed by atoms with van der Waals surface area (Å²) >= 11 is 0. The summed E-state index contributed by atoms with van der Waals surface area (Å²) in [6.07, 6.45) is 0.849. The molecule has 1 aromatic carbocycles. The second-order valence-electron chi connectivity index (χ2n) is 8.98. The number of hydrogen-bond donors (Lipinski definition) is 4. The van der Waals surface area contributed by atoms with E-state index in [0.717, 1.165) is 11.1 Å². The topological polar surface area (TPSA) is 120 Å². The van der Waals surface area contributed by atoms with Crippen molar-refractivity contribution in [2.45, 2.75) is 39.3 Å². The van der Waals surface area contributed by atoms with Crippen molar-refractivity contribution in [1.82, 2.24) is 21.0 Å². The number of carbonyl (C=O) groups is 3. The van der Waals surface area contributed by atoms with Gasteiger partial charge in [-0.3, -0.25) is 24.5 Å². The average molecular weight is 447 g/mol. The Hall–Kier alpha value is -2.49. The van der Waals surface area contributed by atoms with Crippen LogP contribution in [-0.2, 0) is 32.1 Å². The lowest BCUT2D eigenvalue weighted by Crippen LogP contribution is -2.53. The predicted octanol–water partition coefficient (Wildman–Crippen LogP) is 0.460. The fourth-order valence-electron chi connectivity index (χ4n) is 4.44. The van der Waals surface area contributed by atoms with Gasteiger partial charge in [0.1, 0.15) is 6.04 Å². The zero-order valence-corrected chi connectivity index (χ0v) is 18.8. The van der Waals surface area contributed by atoms with Gasteiger partial charge in [0.25, 0.3) is 0 Å². The van der Waals surface area contributed by atoms with Gasteiger partial charge < -0.3 is 15.4 Å². The van der Waals surface area contributed by atoms with E-state index in [1.165, 1.54) is 0 Å². The Labute approximate surface area is 188 Å². The minimum atomic E-state index is -0.748. The predicted molar refractivity (Wildman–Crippen MR) is 118 cm³/mol. The lowest BCUT2D eigenvalue weighted by Gasteiger charge is -2.33. The van der Waals surface area contributed by atoms with E-state index in [4.69, 9.17) is 4.74 Å². The van der Waals surface area contributed by atoms with Crippen LogP contribution in [0.3, 0.4) is 0 Å². The number of amides is 3. The van der Waals surface area contributed by atoms with Crippen LogP contribution in [0, 0.1) is 17.8 Å². The summed E-state index contributed by atoms with van der Waals surface area (Å²) in [5.74, 6) is -2.46. The van der Waals surface area contributed by atoms with Crippen molar-refractivity contribution < 1.29 is 24.3 Å². The zero-order valence-electron chi connectivity index (χ0n) is 18.8. The molecule has 4 N–H and O–H groups in total. The van der Waals surface area contributed by atoms with E-state index < -0.39 is 23.8 Å². The van der Waals surface area contributed by atoms with Gasteiger partial charge in [0.05, 0.1) is 25.0 Å². The van der Waals surface area contributed by atoms with Crippen LogP contribution in [0.25, 0.3) is 0 Å². The molecular weight excluding hydrogens is 412 g/mol. The molecule has 0 bridgehead atoms. The third-order valence-electron chi connectivity index (χ3n) is 6.18. The normalized spacial score (nSPS) is 21.1. The van der Waals surface area contributed by atoms with E-state index in [-0.39, 0.29) is 17.7 Å². The first-order valence-electron chi connectivity index (χ1n) is 11.3. The maximum Gasteiger partial charge on any atom is 0.248 e. The fourth-order valence-corrected chi connectivity index (χ4v) is 4.44. The van der Waals surface area contributed by atoms with E-state index >= 15 is 0 Å². The Morgan fingerprint density at radius 2 is 1.84 bits per heavy atom. The fraction of sp³-hybridized carbons (Fsp3) is 0.609. The Balaban J connectivity index is 1.78. The lowest BCUT2D eigenvalue weighted by molar-refractivity contribution is -0.143. The third kappa shape index (κ3) is 6.27. The summed E-state index contributed by atoms with van der Waals surface area (Å²) in [5.41, 5.74) is 3.78. The highest BCUT2D eigenvalue weighted by Gasteiger charge is 2.37. The molecule has 3 atom stereocenters. The first-order valence-corrected chi connectivity index (χ1v) is 11.3. The van der Waals surface area contributed by atoms with Gasteiger partial charge in [0.15, 0.2) is 0 Å². The van der Waals surface area contributed by atoms with E-state index in [9.17, 15) is 19.6 Å². The molecule has 0 aliphatic carbocycles. The Bertz CT molecular complexity index is 809. The minimum Gasteiger partial charge on any atom is -0.379 e. The van der Waals surface area contributed by atoms with Crippen LogP contribution in [0.1, 0.15) is 31.4 Å². The zero-order chi connectivity index (χ0) is 23.1. The van der Waals surface area contributed by atoms with Gasteiger partial charge in [-0.05, 0) is 23.5 Å². The summed E-state index contributed by atoms with van der Waals surface area (Å²) in [6, 6.07) is 7.04. The smallest absolute Gasteiger partial charge is 0.248 e. The molecule has 0 aromatic heterocycles. The first-order chi connectivity index (χ1) is 15.4. The number of rotatable bonds is 8. The molecule has 1 fully saturated rings. The Kier molecular flexibility index (Phi) is 8.60. The van der Waals surface area contributed by atoms with Crippen LogP contribution in [0.2, 0.25) is 0 Å². The van der Waals surface area contributed by atoms with Gasteiger partial charge in [-0.1, -0.05) is 38.1 Å². The molecular formula is C23H34N4O5. The van der Waals surface area contributed by atoms with Crippen LogP contribution in [0.15, 0.2) is 24.3 Å². The highest BCUT2D eigenvalue weighted by atomic mass is 16.5. The van der Waals surface area contributed by atoms with Gasteiger partial charge >= 0.3 is 0 Å². The quantitative estimate of drug-likeness (QED) is 0.340. The summed E-state index contributed by atoms with van der Waals surface area (Å²) in [6.45, 7) is 7.17. The number of hydrogen-bond acceptors (Lipinski definition) is 6. The number of morpholine rings is 1. The Morgan fingerprint density at radius 1 is 1.16 bits per heavy atom. The van der Waals surface area contributed by atoms with Crippen LogP contribution in [0.4, 0.5) is 0 Å². The number of hydroxylamine groups is 1. The van der Waals surface area contributed by atoms with Gasteiger partial charge in [0, 0.05) is 32.6 Å². The monoisotopic (exact) mass is 446 g/mol. The molecule has 2 aliphatic rings. The number of ether oxygens (including phenoxy) is 1. The van der Waals surface area contributed by atoms with Crippen LogP contribution in [-0.4, -0.2) is 66.7 Å². The van der Waals surface area contributed by atoms with Gasteiger partial charge in [-0.2, -0.15) is 0 Å². The molecule has 0 spiro atoms. The summed E-state index contributed by atoms with van der Waals surface area (Å²) in [4.78, 5) is 40.8. The number of fused-ring (bicyclic) bond motifs is 1. The maximum absolute atomic E-state index is 13.4. The average Bonchev–Trinajstić information content (AvgIpc) is 2.95. The van der Waals surface area contributed by atoms with Crippen molar-refractivity contribution in [3.8, 4) is 0 Å². The summed E-state index contributed by atoms with van der Waals surface area (Å²) in [7, 11) is 0. The van der Waals surface area contributed by atoms with Crippen molar-refractivity contribution in [2.24, 2.45) is 17.8 Å². The van der Waals surface area contributed by atoms with E-state index in [1.807, 2.05) is 38.1 Å². The molecule has 3 amide bonds. The summed E-state index contributed by atoms with van der Waals surface area (Å²) < 4.78 is 5.38. The second-order valence-corrected chi connectivity index (χ2v) is 8.98. The SMILES string of the molecule is CC(C)C[C@H](C(=O)NC1Cc2ccccc2CNC1=O)[C@H](CN1CCOCC1)C(=O)NO. The number of nitrogens with one attached hydrogen (secondary N) is 3. The van der Waals surface area contributed by atoms with E-state index in [2.05, 4.69) is 15.5 Å². The second kappa shape index (κ2) is 11.4. The molecule has 3 rings (SSSR count). The maximum atomic E-state index is 13.4. The molecule has 9 heteroatoms. The van der Waals surface area contributed by atoms with Crippen molar-refractivity contribution in [1.29, 1.82) is 0 Å². The van der Waals surface area contributed by atoms with Crippen molar-refractivity contribution in [3.05, 3.63) is 35.4 Å². The van der Waals surface area contributed by atoms with E-state index in [1.54, 1.807) is 5.48 Å². The number of nitrogens with zero attached hydrogens (tertiary/aromatic N) is 1. The molecule has 9 nitrogen and oxygen atoms in total. The van der Waals surface area contributed by atoms with Crippen molar-refractivity contribution >= 4 is 17.7 Å². The molecule has 2 aliphatic heterocycles. The van der Waals surface area contributed by atoms with Gasteiger partial charge in [-0.15, -0.1) is 0 Å². The molecule has 1 aromatic rings. The van der Waals surface area contributed by atoms with E-state index in [0.29, 0.717) is 52.2 Å². The lowest BCUT2D eigenvalue weighted by atomic mass is 9.83. The molecule has 0 radical (unpaired) electrons. The highest BCUT2D eigenvalue weighted by Crippen LogP contribution is 2.24. The third-order valence-corrected chi connectivity index (χ3v) is 6.18. The molecule has 0 saturated carbocycles. The minimum absolute atomic E-state index is 0.146. The standard InChI is InChI=1S/C23H34N4O5/c1-15(2)11-18(19(22(29)26-31)14-27-7-9-32-10-8-27)21(28)25-20-12-16-5-3-4-6-17(16)13-24-23(20)30/h3-6,15,18-20,31H,7-14H2,1-2H3,(H,24,30)(H,25,28)(H,26,29)/t18-,19-,20?/m0/s1. The van der Waals surface area contributed by atoms with Gasteiger partial charge in [-0.25, -0.2) is 5.48 Å². The number of benzene rings is 1. The van der Waals surface area contributed by atoms with Crippen LogP contribution < -0.4 is 16.1 Å². The Morgan fingerprint density at radius 3 is 2.50 bits per heavy atom. The number of carbonyl (C=O) groups excluding carboxylic acids is 3. The molecule has 32 heavy (non-hydrogen) atoms. The van der Waals surface area contributed by atoms with Crippen LogP contribution >= 0.6 is 0 Å². The summed E-state index contributed by atoms with van der Waals surface area (Å²) in [5, 5.41) is 15.1. The highest BCUT2D eigenvalue weighted by molar-refractivity contribution is 5.92. The molecule has 2 heterocycles. The molecule has 1 saturated heterocycles. The largest absolute Gasteiger partial charge is 0.379 e. The molecule has 1 unspecified atom stereocenters. The van der Waals surface area contributed by atoms with Gasteiger partial charge in [0.2, 0.25) is 17.7 Å². The molecule has 176 valence electrons. The van der Waals surface area contributed by atoms with Crippen molar-refractivity contribution in [2.75, 3.05) is 32.8 Å². The van der Waals surface area contributed by atoms with Crippen LogP contribution in [0.5, 0.6) is 0 Å². The first kappa shape index (κ1) is 24.2.